The topological polar surface area (TPSA) is 56.8 Å². The van der Waals surface area contributed by atoms with Crippen molar-refractivity contribution in [1.29, 1.82) is 0 Å². The maximum atomic E-state index is 11.6. The van der Waals surface area contributed by atoms with Crippen LogP contribution in [0, 0.1) is 0 Å². The number of ether oxygens (including phenoxy) is 3. The number of carbonyl (C=O) groups excluding carboxylic acids is 1. The highest BCUT2D eigenvalue weighted by atomic mass is 16.5. The highest BCUT2D eigenvalue weighted by Crippen LogP contribution is 2.11. The van der Waals surface area contributed by atoms with Crippen LogP contribution in [0.4, 0.5) is 0 Å². The van der Waals surface area contributed by atoms with Crippen LogP contribution in [0.15, 0.2) is 0 Å². The molecule has 0 aromatic rings. The minimum Gasteiger partial charge on any atom is -0.468 e. The Labute approximate surface area is 109 Å². The maximum absolute atomic E-state index is 11.6. The van der Waals surface area contributed by atoms with E-state index >= 15 is 0 Å². The van der Waals surface area contributed by atoms with Crippen LogP contribution in [0.3, 0.4) is 0 Å². The van der Waals surface area contributed by atoms with Gasteiger partial charge in [0.15, 0.2) is 0 Å². The van der Waals surface area contributed by atoms with Crippen molar-refractivity contribution in [3.05, 3.63) is 0 Å². The number of hydrogen-bond acceptors (Lipinski definition) is 5. The minimum atomic E-state index is -0.283. The Morgan fingerprint density at radius 2 is 2.06 bits per heavy atom. The van der Waals surface area contributed by atoms with Crippen molar-refractivity contribution in [3.8, 4) is 0 Å². The Morgan fingerprint density at radius 1 is 1.39 bits per heavy atom. The molecule has 1 N–H and O–H groups in total. The molecule has 0 bridgehead atoms. The number of nitrogens with one attached hydrogen (secondary N) is 1. The van der Waals surface area contributed by atoms with Gasteiger partial charge in [0.05, 0.1) is 13.2 Å². The molecule has 1 heterocycles. The molecular weight excluding hydrogens is 234 g/mol. The fourth-order valence-electron chi connectivity index (χ4n) is 2.01. The molecule has 1 atom stereocenters. The van der Waals surface area contributed by atoms with Crippen LogP contribution in [-0.4, -0.2) is 51.1 Å². The number of esters is 1. The lowest BCUT2D eigenvalue weighted by atomic mass is 10.1. The highest BCUT2D eigenvalue weighted by Gasteiger charge is 2.21. The first-order chi connectivity index (χ1) is 8.63. The van der Waals surface area contributed by atoms with Gasteiger partial charge < -0.3 is 19.5 Å². The van der Waals surface area contributed by atoms with Crippen LogP contribution in [-0.2, 0) is 19.0 Å². The van der Waals surface area contributed by atoms with E-state index in [-0.39, 0.29) is 24.2 Å². The average molecular weight is 259 g/mol. The van der Waals surface area contributed by atoms with Crippen molar-refractivity contribution >= 4 is 5.97 Å². The molecule has 0 spiro atoms. The summed E-state index contributed by atoms with van der Waals surface area (Å²) in [6.07, 6.45) is 2.81. The molecule has 5 heteroatoms. The standard InChI is InChI=1S/C13H25NO4/c1-10(2)14-12(13(15)16-3)6-9-18-11-4-7-17-8-5-11/h10-12,14H,4-9H2,1-3H3. The first kappa shape index (κ1) is 15.4. The molecule has 18 heavy (non-hydrogen) atoms. The van der Waals surface area contributed by atoms with Gasteiger partial charge in [-0.25, -0.2) is 0 Å². The molecule has 1 aliphatic heterocycles. The Hall–Kier alpha value is -0.650. The van der Waals surface area contributed by atoms with Crippen molar-refractivity contribution in [2.75, 3.05) is 26.9 Å². The summed E-state index contributed by atoms with van der Waals surface area (Å²) in [5.74, 6) is -0.223. The molecule has 106 valence electrons. The smallest absolute Gasteiger partial charge is 0.322 e. The third-order valence-corrected chi connectivity index (χ3v) is 2.95. The lowest BCUT2D eigenvalue weighted by molar-refractivity contribution is -0.144. The quantitative estimate of drug-likeness (QED) is 0.694. The zero-order valence-electron chi connectivity index (χ0n) is 11.6. The predicted molar refractivity (Wildman–Crippen MR) is 68.5 cm³/mol. The van der Waals surface area contributed by atoms with Gasteiger partial charge in [-0.05, 0) is 19.3 Å². The van der Waals surface area contributed by atoms with Gasteiger partial charge in [0.2, 0.25) is 0 Å². The lowest BCUT2D eigenvalue weighted by Crippen LogP contribution is -2.42. The average Bonchev–Trinajstić information content (AvgIpc) is 2.37. The van der Waals surface area contributed by atoms with Gasteiger partial charge >= 0.3 is 5.97 Å². The summed E-state index contributed by atoms with van der Waals surface area (Å²) in [5.41, 5.74) is 0. The molecule has 0 radical (unpaired) electrons. The fraction of sp³-hybridized carbons (Fsp3) is 0.923. The van der Waals surface area contributed by atoms with E-state index in [0.717, 1.165) is 26.1 Å². The largest absolute Gasteiger partial charge is 0.468 e. The van der Waals surface area contributed by atoms with E-state index in [1.54, 1.807) is 0 Å². The van der Waals surface area contributed by atoms with Gasteiger partial charge in [0.1, 0.15) is 6.04 Å². The van der Waals surface area contributed by atoms with Gasteiger partial charge in [-0.1, -0.05) is 13.8 Å². The third-order valence-electron chi connectivity index (χ3n) is 2.95. The van der Waals surface area contributed by atoms with Crippen LogP contribution in [0.1, 0.15) is 33.1 Å². The molecule has 1 fully saturated rings. The molecule has 1 unspecified atom stereocenters. The van der Waals surface area contributed by atoms with Crippen LogP contribution in [0.2, 0.25) is 0 Å². The summed E-state index contributed by atoms with van der Waals surface area (Å²) in [6, 6.07) is -0.0352. The first-order valence-corrected chi connectivity index (χ1v) is 6.66. The second-order valence-corrected chi connectivity index (χ2v) is 4.87. The SMILES string of the molecule is COC(=O)C(CCOC1CCOCC1)NC(C)C. The summed E-state index contributed by atoms with van der Waals surface area (Å²) < 4.78 is 15.8. The number of carbonyl (C=O) groups is 1. The molecule has 0 aromatic heterocycles. The van der Waals surface area contributed by atoms with E-state index in [9.17, 15) is 4.79 Å². The summed E-state index contributed by atoms with van der Waals surface area (Å²) in [7, 11) is 1.41. The number of methoxy groups -OCH3 is 1. The van der Waals surface area contributed by atoms with E-state index < -0.39 is 0 Å². The van der Waals surface area contributed by atoms with Gasteiger partial charge in [0.25, 0.3) is 0 Å². The number of hydrogen-bond donors (Lipinski definition) is 1. The Morgan fingerprint density at radius 3 is 2.61 bits per heavy atom. The molecule has 0 aromatic carbocycles. The first-order valence-electron chi connectivity index (χ1n) is 6.66. The Bertz CT molecular complexity index is 239. The van der Waals surface area contributed by atoms with Gasteiger partial charge in [-0.2, -0.15) is 0 Å². The van der Waals surface area contributed by atoms with Gasteiger partial charge in [0, 0.05) is 25.9 Å². The summed E-state index contributed by atoms with van der Waals surface area (Å²) in [4.78, 5) is 11.6. The van der Waals surface area contributed by atoms with E-state index in [1.165, 1.54) is 7.11 Å². The van der Waals surface area contributed by atoms with E-state index in [2.05, 4.69) is 5.32 Å². The van der Waals surface area contributed by atoms with Crippen molar-refractivity contribution < 1.29 is 19.0 Å². The van der Waals surface area contributed by atoms with Crippen molar-refractivity contribution in [2.45, 2.75) is 51.3 Å². The Kier molecular flexibility index (Phi) is 7.23. The van der Waals surface area contributed by atoms with Crippen molar-refractivity contribution in [3.63, 3.8) is 0 Å². The lowest BCUT2D eigenvalue weighted by Gasteiger charge is -2.24. The molecular formula is C13H25NO4. The van der Waals surface area contributed by atoms with Crippen molar-refractivity contribution in [2.24, 2.45) is 0 Å². The van der Waals surface area contributed by atoms with Crippen LogP contribution < -0.4 is 5.32 Å². The molecule has 1 saturated heterocycles. The third kappa shape index (κ3) is 5.80. The van der Waals surface area contributed by atoms with Gasteiger partial charge in [-0.15, -0.1) is 0 Å². The molecule has 1 aliphatic rings. The normalized spacial score (nSPS) is 18.9. The number of rotatable bonds is 7. The Balaban J connectivity index is 2.25. The monoisotopic (exact) mass is 259 g/mol. The van der Waals surface area contributed by atoms with E-state index in [0.29, 0.717) is 13.0 Å². The fourth-order valence-corrected chi connectivity index (χ4v) is 2.01. The van der Waals surface area contributed by atoms with Crippen molar-refractivity contribution in [1.82, 2.24) is 5.32 Å². The van der Waals surface area contributed by atoms with E-state index in [1.807, 2.05) is 13.8 Å². The van der Waals surface area contributed by atoms with Crippen LogP contribution in [0.5, 0.6) is 0 Å². The zero-order chi connectivity index (χ0) is 13.4. The van der Waals surface area contributed by atoms with Crippen LogP contribution in [0.25, 0.3) is 0 Å². The molecule has 0 amide bonds. The second kappa shape index (κ2) is 8.45. The second-order valence-electron chi connectivity index (χ2n) is 4.87. The molecule has 0 saturated carbocycles. The molecule has 5 nitrogen and oxygen atoms in total. The zero-order valence-corrected chi connectivity index (χ0v) is 11.6. The predicted octanol–water partition coefficient (Wildman–Crippen LogP) is 1.11. The summed E-state index contributed by atoms with van der Waals surface area (Å²) in [5, 5.41) is 3.19. The summed E-state index contributed by atoms with van der Waals surface area (Å²) in [6.45, 7) is 6.14. The maximum Gasteiger partial charge on any atom is 0.322 e. The highest BCUT2D eigenvalue weighted by molar-refractivity contribution is 5.75. The van der Waals surface area contributed by atoms with Crippen LogP contribution >= 0.6 is 0 Å². The van der Waals surface area contributed by atoms with E-state index in [4.69, 9.17) is 14.2 Å². The minimum absolute atomic E-state index is 0.223. The molecule has 0 aliphatic carbocycles. The van der Waals surface area contributed by atoms with Gasteiger partial charge in [-0.3, -0.25) is 4.79 Å². The molecule has 1 rings (SSSR count). The summed E-state index contributed by atoms with van der Waals surface area (Å²) >= 11 is 0.